The lowest BCUT2D eigenvalue weighted by atomic mass is 10.2. The van der Waals surface area contributed by atoms with E-state index in [1.807, 2.05) is 0 Å². The molecule has 1 heterocycles. The fourth-order valence-electron chi connectivity index (χ4n) is 0.781. The van der Waals surface area contributed by atoms with Crippen molar-refractivity contribution in [2.45, 2.75) is 0 Å². The molecule has 0 amide bonds. The Morgan fingerprint density at radius 1 is 1.69 bits per heavy atom. The largest absolute Gasteiger partial charge is 0.478 e. The van der Waals surface area contributed by atoms with E-state index in [0.717, 1.165) is 6.08 Å². The molecule has 0 aliphatic heterocycles. The average molecular weight is 199 g/mol. The topological polar surface area (TPSA) is 76.2 Å². The van der Waals surface area contributed by atoms with E-state index in [1.54, 1.807) is 6.07 Å². The van der Waals surface area contributed by atoms with Crippen LogP contribution in [0, 0.1) is 0 Å². The van der Waals surface area contributed by atoms with E-state index >= 15 is 0 Å². The van der Waals surface area contributed by atoms with Gasteiger partial charge in [-0.2, -0.15) is 0 Å². The molecule has 13 heavy (non-hydrogen) atoms. The third-order valence-electron chi connectivity index (χ3n) is 1.37. The summed E-state index contributed by atoms with van der Waals surface area (Å²) in [6.45, 7) is 0. The zero-order valence-electron chi connectivity index (χ0n) is 6.57. The second-order valence-corrected chi connectivity index (χ2v) is 2.63. The van der Waals surface area contributed by atoms with Gasteiger partial charge in [0.1, 0.15) is 5.15 Å². The van der Waals surface area contributed by atoms with Crippen molar-refractivity contribution < 1.29 is 9.90 Å². The summed E-state index contributed by atoms with van der Waals surface area (Å²) in [5.74, 6) is -1.06. The van der Waals surface area contributed by atoms with E-state index in [4.69, 9.17) is 22.4 Å². The smallest absolute Gasteiger partial charge is 0.328 e. The van der Waals surface area contributed by atoms with Crippen molar-refractivity contribution in [3.63, 3.8) is 0 Å². The Balaban J connectivity index is 3.06. The van der Waals surface area contributed by atoms with Gasteiger partial charge in [0.05, 0.1) is 0 Å². The van der Waals surface area contributed by atoms with Gasteiger partial charge in [0, 0.05) is 23.5 Å². The number of nitrogens with zero attached hydrogens (tertiary/aromatic N) is 1. The van der Waals surface area contributed by atoms with Crippen LogP contribution in [0.2, 0.25) is 5.15 Å². The van der Waals surface area contributed by atoms with Gasteiger partial charge in [-0.15, -0.1) is 0 Å². The van der Waals surface area contributed by atoms with Gasteiger partial charge in [0.2, 0.25) is 0 Å². The third-order valence-corrected chi connectivity index (χ3v) is 1.67. The van der Waals surface area contributed by atoms with Gasteiger partial charge >= 0.3 is 5.97 Å². The van der Waals surface area contributed by atoms with Crippen LogP contribution in [-0.2, 0) is 4.79 Å². The Morgan fingerprint density at radius 3 is 2.92 bits per heavy atom. The minimum Gasteiger partial charge on any atom is -0.478 e. The molecule has 0 aliphatic carbocycles. The van der Waals surface area contributed by atoms with Crippen molar-refractivity contribution in [3.8, 4) is 0 Å². The summed E-state index contributed by atoms with van der Waals surface area (Å²) in [5.41, 5.74) is 6.36. The predicted octanol–water partition coefficient (Wildman–Crippen LogP) is 1.42. The number of carboxylic acid groups (broad SMARTS) is 1. The standard InChI is InChI=1S/C8H7ClN2O2/c9-8-5(1-2-7(12)13)6(10)3-4-11-8/h1-4H,(H2,10,11)(H,12,13). The number of nitrogen functional groups attached to an aromatic ring is 1. The van der Waals surface area contributed by atoms with Gasteiger partial charge in [-0.05, 0) is 12.1 Å². The molecule has 0 bridgehead atoms. The number of hydrogen-bond donors (Lipinski definition) is 2. The fourth-order valence-corrected chi connectivity index (χ4v) is 1.01. The lowest BCUT2D eigenvalue weighted by Gasteiger charge is -2.00. The zero-order valence-corrected chi connectivity index (χ0v) is 7.32. The van der Waals surface area contributed by atoms with E-state index in [2.05, 4.69) is 4.98 Å². The molecule has 1 aromatic heterocycles. The SMILES string of the molecule is Nc1ccnc(Cl)c1C=CC(=O)O. The molecule has 1 aromatic rings. The number of aromatic nitrogens is 1. The van der Waals surface area contributed by atoms with Crippen LogP contribution in [0.5, 0.6) is 0 Å². The molecule has 3 N–H and O–H groups in total. The first-order valence-corrected chi connectivity index (χ1v) is 3.80. The Bertz CT molecular complexity index is 343. The van der Waals surface area contributed by atoms with Crippen molar-refractivity contribution in [2.24, 2.45) is 0 Å². The summed E-state index contributed by atoms with van der Waals surface area (Å²) >= 11 is 5.68. The van der Waals surface area contributed by atoms with Crippen molar-refractivity contribution >= 4 is 29.3 Å². The first-order chi connectivity index (χ1) is 6.11. The summed E-state index contributed by atoms with van der Waals surface area (Å²) in [5, 5.41) is 8.56. The van der Waals surface area contributed by atoms with Crippen LogP contribution in [-0.4, -0.2) is 16.1 Å². The maximum Gasteiger partial charge on any atom is 0.328 e. The predicted molar refractivity (Wildman–Crippen MR) is 50.3 cm³/mol. The maximum absolute atomic E-state index is 10.2. The van der Waals surface area contributed by atoms with Crippen LogP contribution in [0.1, 0.15) is 5.56 Å². The quantitative estimate of drug-likeness (QED) is 0.557. The van der Waals surface area contributed by atoms with Gasteiger partial charge in [-0.25, -0.2) is 9.78 Å². The first-order valence-electron chi connectivity index (χ1n) is 3.42. The number of carbonyl (C=O) groups is 1. The molecule has 1 rings (SSSR count). The summed E-state index contributed by atoms with van der Waals surface area (Å²) in [6, 6.07) is 1.55. The number of anilines is 1. The van der Waals surface area contributed by atoms with Crippen molar-refractivity contribution in [2.75, 3.05) is 5.73 Å². The van der Waals surface area contributed by atoms with Gasteiger partial charge in [0.15, 0.2) is 0 Å². The zero-order chi connectivity index (χ0) is 9.84. The molecule has 0 unspecified atom stereocenters. The molecule has 0 aromatic carbocycles. The molecule has 0 aliphatic rings. The minimum absolute atomic E-state index is 0.192. The Morgan fingerprint density at radius 2 is 2.38 bits per heavy atom. The summed E-state index contributed by atoms with van der Waals surface area (Å²) in [6.07, 6.45) is 3.72. The molecule has 0 spiro atoms. The minimum atomic E-state index is -1.06. The third kappa shape index (κ3) is 2.45. The molecular formula is C8H7ClN2O2. The molecule has 4 nitrogen and oxygen atoms in total. The Hall–Kier alpha value is -1.55. The normalized spacial score (nSPS) is 10.5. The van der Waals surface area contributed by atoms with E-state index in [-0.39, 0.29) is 5.15 Å². The van der Waals surface area contributed by atoms with Crippen molar-refractivity contribution in [1.29, 1.82) is 0 Å². The summed E-state index contributed by atoms with van der Waals surface area (Å²) in [4.78, 5) is 14.0. The lowest BCUT2D eigenvalue weighted by molar-refractivity contribution is -0.131. The van der Waals surface area contributed by atoms with Crippen LogP contribution < -0.4 is 5.73 Å². The van der Waals surface area contributed by atoms with Crippen LogP contribution in [0.15, 0.2) is 18.3 Å². The Kier molecular flexibility index (Phi) is 2.87. The highest BCUT2D eigenvalue weighted by atomic mass is 35.5. The fraction of sp³-hybridized carbons (Fsp3) is 0. The molecule has 0 fully saturated rings. The number of rotatable bonds is 2. The number of hydrogen-bond acceptors (Lipinski definition) is 3. The molecular weight excluding hydrogens is 192 g/mol. The van der Waals surface area contributed by atoms with E-state index in [9.17, 15) is 4.79 Å². The maximum atomic E-state index is 10.2. The number of pyridine rings is 1. The highest BCUT2D eigenvalue weighted by molar-refractivity contribution is 6.31. The molecule has 5 heteroatoms. The number of nitrogens with two attached hydrogens (primary N) is 1. The van der Waals surface area contributed by atoms with Gasteiger partial charge < -0.3 is 10.8 Å². The summed E-state index contributed by atoms with van der Waals surface area (Å²) in [7, 11) is 0. The number of carboxylic acids is 1. The van der Waals surface area contributed by atoms with Gasteiger partial charge in [-0.1, -0.05) is 11.6 Å². The molecule has 68 valence electrons. The van der Waals surface area contributed by atoms with Crippen LogP contribution >= 0.6 is 11.6 Å². The molecule has 0 saturated carbocycles. The first kappa shape index (κ1) is 9.54. The second kappa shape index (κ2) is 3.91. The van der Waals surface area contributed by atoms with Gasteiger partial charge in [0.25, 0.3) is 0 Å². The Labute approximate surface area is 79.7 Å². The highest BCUT2D eigenvalue weighted by Crippen LogP contribution is 2.20. The molecule has 0 atom stereocenters. The highest BCUT2D eigenvalue weighted by Gasteiger charge is 2.01. The van der Waals surface area contributed by atoms with E-state index in [0.29, 0.717) is 11.3 Å². The van der Waals surface area contributed by atoms with Crippen molar-refractivity contribution in [1.82, 2.24) is 4.98 Å². The second-order valence-electron chi connectivity index (χ2n) is 2.28. The lowest BCUT2D eigenvalue weighted by Crippen LogP contribution is -1.93. The molecule has 0 radical (unpaired) electrons. The number of aliphatic carboxylic acids is 1. The van der Waals surface area contributed by atoms with Crippen LogP contribution in [0.3, 0.4) is 0 Å². The van der Waals surface area contributed by atoms with E-state index < -0.39 is 5.97 Å². The monoisotopic (exact) mass is 198 g/mol. The van der Waals surface area contributed by atoms with Crippen LogP contribution in [0.25, 0.3) is 6.08 Å². The van der Waals surface area contributed by atoms with Gasteiger partial charge in [-0.3, -0.25) is 0 Å². The molecule has 0 saturated heterocycles. The van der Waals surface area contributed by atoms with Crippen LogP contribution in [0.4, 0.5) is 5.69 Å². The average Bonchev–Trinajstić information content (AvgIpc) is 2.03. The van der Waals surface area contributed by atoms with E-state index in [1.165, 1.54) is 12.3 Å². The number of halogens is 1. The summed E-state index contributed by atoms with van der Waals surface area (Å²) < 4.78 is 0. The van der Waals surface area contributed by atoms with Crippen molar-refractivity contribution in [3.05, 3.63) is 29.1 Å².